The number of hydrogen-bond donors (Lipinski definition) is 1. The highest BCUT2D eigenvalue weighted by atomic mass is 16.7. The van der Waals surface area contributed by atoms with Gasteiger partial charge in [-0.3, -0.25) is 0 Å². The molecule has 0 aromatic heterocycles. The molecule has 19 heavy (non-hydrogen) atoms. The quantitative estimate of drug-likeness (QED) is 0.894. The zero-order valence-corrected chi connectivity index (χ0v) is 10.7. The molecular formula is C16H15NO2. The van der Waals surface area contributed by atoms with E-state index >= 15 is 0 Å². The van der Waals surface area contributed by atoms with Gasteiger partial charge in [0.1, 0.15) is 0 Å². The molecule has 3 heteroatoms. The lowest BCUT2D eigenvalue weighted by Crippen LogP contribution is -2.25. The SMILES string of the molecule is Cc1ccc(C2(O)CC(c3ccccc3)=NO2)cc1. The second kappa shape index (κ2) is 4.52. The number of nitrogens with zero attached hydrogens (tertiary/aromatic N) is 1. The smallest absolute Gasteiger partial charge is 0.266 e. The number of oxime groups is 1. The van der Waals surface area contributed by atoms with Gasteiger partial charge in [0.25, 0.3) is 5.79 Å². The van der Waals surface area contributed by atoms with Crippen LogP contribution in [0.3, 0.4) is 0 Å². The lowest BCUT2D eigenvalue weighted by Gasteiger charge is -2.20. The molecule has 96 valence electrons. The minimum Gasteiger partial charge on any atom is -0.355 e. The van der Waals surface area contributed by atoms with Gasteiger partial charge < -0.3 is 9.94 Å². The van der Waals surface area contributed by atoms with Crippen LogP contribution in [0.15, 0.2) is 59.8 Å². The maximum atomic E-state index is 10.5. The molecule has 1 aliphatic rings. The first-order chi connectivity index (χ1) is 9.17. The first-order valence-corrected chi connectivity index (χ1v) is 6.27. The summed E-state index contributed by atoms with van der Waals surface area (Å²) in [5, 5.41) is 14.6. The minimum absolute atomic E-state index is 0.361. The van der Waals surface area contributed by atoms with Crippen LogP contribution in [-0.4, -0.2) is 10.8 Å². The van der Waals surface area contributed by atoms with Crippen molar-refractivity contribution in [2.45, 2.75) is 19.1 Å². The Balaban J connectivity index is 1.85. The maximum Gasteiger partial charge on any atom is 0.266 e. The monoisotopic (exact) mass is 253 g/mol. The third-order valence-corrected chi connectivity index (χ3v) is 3.32. The molecule has 0 fully saturated rings. The average Bonchev–Trinajstić information content (AvgIpc) is 2.84. The molecule has 0 bridgehead atoms. The lowest BCUT2D eigenvalue weighted by atomic mass is 9.96. The van der Waals surface area contributed by atoms with E-state index in [0.717, 1.165) is 22.4 Å². The van der Waals surface area contributed by atoms with Crippen LogP contribution in [0.1, 0.15) is 23.1 Å². The van der Waals surface area contributed by atoms with Gasteiger partial charge in [-0.05, 0) is 12.5 Å². The van der Waals surface area contributed by atoms with Crippen LogP contribution in [0.5, 0.6) is 0 Å². The fourth-order valence-electron chi connectivity index (χ4n) is 2.18. The molecule has 1 N–H and O–H groups in total. The second-order valence-corrected chi connectivity index (χ2v) is 4.82. The molecule has 0 radical (unpaired) electrons. The van der Waals surface area contributed by atoms with Crippen molar-refractivity contribution in [1.82, 2.24) is 0 Å². The van der Waals surface area contributed by atoms with E-state index in [4.69, 9.17) is 4.84 Å². The summed E-state index contributed by atoms with van der Waals surface area (Å²) in [5.74, 6) is -1.35. The van der Waals surface area contributed by atoms with E-state index in [2.05, 4.69) is 5.16 Å². The standard InChI is InChI=1S/C16H15NO2/c1-12-7-9-14(10-8-12)16(18)11-15(17-19-16)13-5-3-2-4-6-13/h2-10,18H,11H2,1H3. The van der Waals surface area contributed by atoms with Gasteiger partial charge in [-0.25, -0.2) is 0 Å². The molecule has 2 aromatic rings. The van der Waals surface area contributed by atoms with Crippen molar-refractivity contribution >= 4 is 5.71 Å². The summed E-state index contributed by atoms with van der Waals surface area (Å²) >= 11 is 0. The van der Waals surface area contributed by atoms with Gasteiger partial charge in [0.05, 0.1) is 12.1 Å². The van der Waals surface area contributed by atoms with Crippen molar-refractivity contribution in [3.8, 4) is 0 Å². The normalized spacial score (nSPS) is 21.9. The van der Waals surface area contributed by atoms with Crippen LogP contribution in [0.25, 0.3) is 0 Å². The fourth-order valence-corrected chi connectivity index (χ4v) is 2.18. The third-order valence-electron chi connectivity index (χ3n) is 3.32. The number of benzene rings is 2. The summed E-state index contributed by atoms with van der Waals surface area (Å²) in [6.45, 7) is 2.01. The molecule has 2 aromatic carbocycles. The van der Waals surface area contributed by atoms with E-state index in [0.29, 0.717) is 6.42 Å². The molecule has 0 saturated carbocycles. The van der Waals surface area contributed by atoms with Gasteiger partial charge in [0, 0.05) is 5.56 Å². The van der Waals surface area contributed by atoms with E-state index < -0.39 is 5.79 Å². The number of rotatable bonds is 2. The molecule has 1 heterocycles. The number of aryl methyl sites for hydroxylation is 1. The first-order valence-electron chi connectivity index (χ1n) is 6.27. The summed E-state index contributed by atoms with van der Waals surface area (Å²) < 4.78 is 0. The molecule has 1 atom stereocenters. The Hall–Kier alpha value is -2.13. The third kappa shape index (κ3) is 2.25. The summed E-state index contributed by atoms with van der Waals surface area (Å²) in [6.07, 6.45) is 0.361. The Bertz CT molecular complexity index is 604. The maximum absolute atomic E-state index is 10.5. The highest BCUT2D eigenvalue weighted by molar-refractivity contribution is 6.01. The van der Waals surface area contributed by atoms with Crippen LogP contribution in [-0.2, 0) is 10.6 Å². The Morgan fingerprint density at radius 3 is 2.42 bits per heavy atom. The Labute approximate surface area is 112 Å². The number of aliphatic hydroxyl groups is 1. The van der Waals surface area contributed by atoms with Crippen LogP contribution in [0.2, 0.25) is 0 Å². The topological polar surface area (TPSA) is 41.8 Å². The first kappa shape index (κ1) is 11.9. The molecule has 0 spiro atoms. The Morgan fingerprint density at radius 1 is 1.05 bits per heavy atom. The second-order valence-electron chi connectivity index (χ2n) is 4.82. The molecule has 3 nitrogen and oxygen atoms in total. The fraction of sp³-hybridized carbons (Fsp3) is 0.188. The van der Waals surface area contributed by atoms with Gasteiger partial charge in [-0.15, -0.1) is 0 Å². The lowest BCUT2D eigenvalue weighted by molar-refractivity contribution is -0.193. The van der Waals surface area contributed by atoms with Crippen molar-refractivity contribution in [3.63, 3.8) is 0 Å². The predicted molar refractivity (Wildman–Crippen MR) is 73.8 cm³/mol. The molecule has 0 amide bonds. The summed E-state index contributed by atoms with van der Waals surface area (Å²) in [7, 11) is 0. The largest absolute Gasteiger partial charge is 0.355 e. The van der Waals surface area contributed by atoms with E-state index in [-0.39, 0.29) is 0 Å². The molecule has 3 rings (SSSR count). The van der Waals surface area contributed by atoms with Gasteiger partial charge in [-0.2, -0.15) is 0 Å². The molecular weight excluding hydrogens is 238 g/mol. The van der Waals surface area contributed by atoms with E-state index in [9.17, 15) is 5.11 Å². The van der Waals surface area contributed by atoms with E-state index in [1.807, 2.05) is 61.5 Å². The van der Waals surface area contributed by atoms with Gasteiger partial charge >= 0.3 is 0 Å². The molecule has 1 unspecified atom stereocenters. The Morgan fingerprint density at radius 2 is 1.74 bits per heavy atom. The minimum atomic E-state index is -1.35. The molecule has 1 aliphatic heterocycles. The summed E-state index contributed by atoms with van der Waals surface area (Å²) in [4.78, 5) is 5.28. The zero-order valence-electron chi connectivity index (χ0n) is 10.7. The average molecular weight is 253 g/mol. The van der Waals surface area contributed by atoms with Crippen molar-refractivity contribution < 1.29 is 9.94 Å². The van der Waals surface area contributed by atoms with Crippen LogP contribution >= 0.6 is 0 Å². The highest BCUT2D eigenvalue weighted by Crippen LogP contribution is 2.33. The van der Waals surface area contributed by atoms with E-state index in [1.165, 1.54) is 0 Å². The Kier molecular flexibility index (Phi) is 2.84. The highest BCUT2D eigenvalue weighted by Gasteiger charge is 2.39. The zero-order chi connectivity index (χ0) is 13.3. The van der Waals surface area contributed by atoms with Crippen molar-refractivity contribution in [2.24, 2.45) is 5.16 Å². The van der Waals surface area contributed by atoms with Gasteiger partial charge in [0.15, 0.2) is 0 Å². The van der Waals surface area contributed by atoms with Crippen molar-refractivity contribution in [1.29, 1.82) is 0 Å². The van der Waals surface area contributed by atoms with E-state index in [1.54, 1.807) is 0 Å². The molecule has 0 saturated heterocycles. The molecule has 0 aliphatic carbocycles. The summed E-state index contributed by atoms with van der Waals surface area (Å²) in [5.41, 5.74) is 3.62. The van der Waals surface area contributed by atoms with Crippen molar-refractivity contribution in [3.05, 3.63) is 71.3 Å². The van der Waals surface area contributed by atoms with Gasteiger partial charge in [0.2, 0.25) is 0 Å². The summed E-state index contributed by atoms with van der Waals surface area (Å²) in [6, 6.07) is 17.4. The van der Waals surface area contributed by atoms with Crippen LogP contribution in [0.4, 0.5) is 0 Å². The van der Waals surface area contributed by atoms with Crippen molar-refractivity contribution in [2.75, 3.05) is 0 Å². The van der Waals surface area contributed by atoms with Crippen LogP contribution < -0.4 is 0 Å². The van der Waals surface area contributed by atoms with Gasteiger partial charge in [-0.1, -0.05) is 65.3 Å². The number of hydrogen-bond acceptors (Lipinski definition) is 3. The predicted octanol–water partition coefficient (Wildman–Crippen LogP) is 2.96. The van der Waals surface area contributed by atoms with Crippen LogP contribution in [0, 0.1) is 6.92 Å².